The number of fused-ring (bicyclic) bond motifs is 5. The predicted octanol–water partition coefficient (Wildman–Crippen LogP) is 4.72. The fourth-order valence-corrected chi connectivity index (χ4v) is 10.2. The van der Waals surface area contributed by atoms with Crippen LogP contribution in [0.25, 0.3) is 0 Å². The molecule has 4 fully saturated rings. The van der Waals surface area contributed by atoms with Gasteiger partial charge in [0.2, 0.25) is 0 Å². The summed E-state index contributed by atoms with van der Waals surface area (Å²) < 4.78 is 0. The van der Waals surface area contributed by atoms with Crippen molar-refractivity contribution in [3.05, 3.63) is 0 Å². The second-order valence-electron chi connectivity index (χ2n) is 13.3. The smallest absolute Gasteiger partial charge is 0.306 e. The van der Waals surface area contributed by atoms with Crippen LogP contribution in [-0.2, 0) is 4.79 Å². The summed E-state index contributed by atoms with van der Waals surface area (Å²) in [6.45, 7) is 12.8. The highest BCUT2D eigenvalue weighted by molar-refractivity contribution is 5.69. The lowest BCUT2D eigenvalue weighted by atomic mass is 9.38. The molecule has 5 heteroatoms. The Kier molecular flexibility index (Phi) is 6.54. The molecule has 4 saturated carbocycles. The lowest BCUT2D eigenvalue weighted by Crippen LogP contribution is -2.69. The predicted molar refractivity (Wildman–Crippen MR) is 128 cm³/mol. The molecule has 4 aliphatic rings. The number of hydrogen-bond donors (Lipinski definition) is 4. The number of aliphatic hydroxyl groups is 3. The molecule has 13 atom stereocenters. The highest BCUT2D eigenvalue weighted by Crippen LogP contribution is 2.71. The molecule has 3 unspecified atom stereocenters. The summed E-state index contributed by atoms with van der Waals surface area (Å²) in [7, 11) is 0. The van der Waals surface area contributed by atoms with Crippen molar-refractivity contribution in [3.63, 3.8) is 0 Å². The van der Waals surface area contributed by atoms with Gasteiger partial charge in [-0.25, -0.2) is 0 Å². The first kappa shape index (κ1) is 25.4. The van der Waals surface area contributed by atoms with Crippen LogP contribution in [0.5, 0.6) is 0 Å². The molecular formula is C28H48O5. The Balaban J connectivity index is 1.71. The van der Waals surface area contributed by atoms with Gasteiger partial charge in [0.25, 0.3) is 0 Å². The van der Waals surface area contributed by atoms with Crippen LogP contribution in [0.2, 0.25) is 0 Å². The van der Waals surface area contributed by atoms with Crippen molar-refractivity contribution in [2.75, 3.05) is 0 Å². The van der Waals surface area contributed by atoms with Crippen molar-refractivity contribution in [3.8, 4) is 0 Å². The van der Waals surface area contributed by atoms with Gasteiger partial charge in [-0.1, -0.05) is 41.0 Å². The molecule has 0 bridgehead atoms. The maximum absolute atomic E-state index is 12.2. The summed E-state index contributed by atoms with van der Waals surface area (Å²) in [6.07, 6.45) is 6.10. The average Bonchev–Trinajstić information content (AvgIpc) is 3.08. The van der Waals surface area contributed by atoms with Gasteiger partial charge in [0.05, 0.1) is 23.7 Å². The van der Waals surface area contributed by atoms with Crippen LogP contribution in [0.4, 0.5) is 0 Å². The lowest BCUT2D eigenvalue weighted by molar-refractivity contribution is -0.263. The fourth-order valence-electron chi connectivity index (χ4n) is 10.2. The fraction of sp³-hybridized carbons (Fsp3) is 0.964. The third-order valence-electron chi connectivity index (χ3n) is 11.9. The highest BCUT2D eigenvalue weighted by atomic mass is 16.4. The van der Waals surface area contributed by atoms with Crippen LogP contribution in [0.15, 0.2) is 0 Å². The molecule has 4 rings (SSSR count). The molecule has 4 N–H and O–H groups in total. The summed E-state index contributed by atoms with van der Waals surface area (Å²) in [5.41, 5.74) is -1.08. The van der Waals surface area contributed by atoms with E-state index in [1.165, 1.54) is 0 Å². The minimum absolute atomic E-state index is 0.0383. The van der Waals surface area contributed by atoms with E-state index in [1.54, 1.807) is 6.92 Å². The van der Waals surface area contributed by atoms with Crippen LogP contribution in [0.3, 0.4) is 0 Å². The molecule has 0 amide bonds. The summed E-state index contributed by atoms with van der Waals surface area (Å²) in [5, 5.41) is 43.9. The van der Waals surface area contributed by atoms with E-state index in [2.05, 4.69) is 34.6 Å². The van der Waals surface area contributed by atoms with Gasteiger partial charge in [0.1, 0.15) is 0 Å². The van der Waals surface area contributed by atoms with Gasteiger partial charge in [-0.2, -0.15) is 0 Å². The molecule has 5 nitrogen and oxygen atoms in total. The van der Waals surface area contributed by atoms with Gasteiger partial charge >= 0.3 is 5.97 Å². The molecule has 33 heavy (non-hydrogen) atoms. The van der Waals surface area contributed by atoms with Crippen molar-refractivity contribution in [2.24, 2.45) is 58.2 Å². The molecule has 0 radical (unpaired) electrons. The Hall–Kier alpha value is -0.650. The van der Waals surface area contributed by atoms with E-state index < -0.39 is 17.7 Å². The minimum atomic E-state index is -0.820. The Morgan fingerprint density at radius 3 is 2.27 bits per heavy atom. The zero-order chi connectivity index (χ0) is 24.5. The summed E-state index contributed by atoms with van der Waals surface area (Å²) in [6, 6.07) is 0. The van der Waals surface area contributed by atoms with Gasteiger partial charge in [0, 0.05) is 0 Å². The number of aliphatic carboxylic acids is 1. The number of carbonyl (C=O) groups is 1. The molecule has 190 valence electrons. The third kappa shape index (κ3) is 3.62. The van der Waals surface area contributed by atoms with E-state index in [1.807, 2.05) is 0 Å². The third-order valence-corrected chi connectivity index (χ3v) is 11.9. The van der Waals surface area contributed by atoms with Gasteiger partial charge < -0.3 is 20.4 Å². The topological polar surface area (TPSA) is 98.0 Å². The van der Waals surface area contributed by atoms with Crippen LogP contribution < -0.4 is 0 Å². The normalized spacial score (nSPS) is 53.5. The van der Waals surface area contributed by atoms with Crippen molar-refractivity contribution in [1.82, 2.24) is 0 Å². The Morgan fingerprint density at radius 1 is 1.00 bits per heavy atom. The summed E-state index contributed by atoms with van der Waals surface area (Å²) in [5.74, 6) is 0.447. The average molecular weight is 465 g/mol. The Labute approximate surface area is 200 Å². The number of hydrogen-bond acceptors (Lipinski definition) is 4. The molecule has 0 heterocycles. The van der Waals surface area contributed by atoms with Crippen LogP contribution in [0, 0.1) is 58.2 Å². The molecule has 0 spiro atoms. The molecule has 0 aromatic rings. The number of carboxylic acids is 1. The Bertz CT molecular complexity index is 751. The van der Waals surface area contributed by atoms with Crippen molar-refractivity contribution in [2.45, 2.75) is 111 Å². The zero-order valence-electron chi connectivity index (χ0n) is 21.6. The second kappa shape index (κ2) is 8.48. The van der Waals surface area contributed by atoms with Gasteiger partial charge in [-0.05, 0) is 104 Å². The van der Waals surface area contributed by atoms with E-state index >= 15 is 0 Å². The van der Waals surface area contributed by atoms with E-state index in [4.69, 9.17) is 0 Å². The first-order valence-electron chi connectivity index (χ1n) is 13.6. The molecule has 0 aliphatic heterocycles. The number of aliphatic hydroxyl groups excluding tert-OH is 2. The Morgan fingerprint density at radius 2 is 1.67 bits per heavy atom. The lowest BCUT2D eigenvalue weighted by Gasteiger charge is -2.68. The second-order valence-corrected chi connectivity index (χ2v) is 13.3. The number of carboxylic acid groups (broad SMARTS) is 1. The SMILES string of the molecule is CC[C@@H]1[C@@H]2C[C@H](O)CC[C@]2(C)C2C[C@H](O)[C@@]3(C)C(CC[C@@H]3[C@@H](C)C[C@H](C)C(=O)O)C2[C@]1(C)O. The van der Waals surface area contributed by atoms with Crippen molar-refractivity contribution < 1.29 is 25.2 Å². The van der Waals surface area contributed by atoms with Gasteiger partial charge in [-0.3, -0.25) is 4.79 Å². The number of rotatable bonds is 5. The summed E-state index contributed by atoms with van der Waals surface area (Å²) >= 11 is 0. The molecular weight excluding hydrogens is 416 g/mol. The maximum Gasteiger partial charge on any atom is 0.306 e. The largest absolute Gasteiger partial charge is 0.481 e. The van der Waals surface area contributed by atoms with E-state index in [-0.39, 0.29) is 64.3 Å². The van der Waals surface area contributed by atoms with Gasteiger partial charge in [0.15, 0.2) is 0 Å². The standard InChI is InChI=1S/C28H48O5/c1-7-18-21-13-17(29)10-11-26(21,4)22-14-23(30)27(5)19(15(2)12-16(3)25(31)32)8-9-20(27)24(22)28(18,6)33/h15-24,29-30,33H,7-14H2,1-6H3,(H,31,32)/t15-,16-,17+,18+,19+,20?,21-,22?,23-,24?,26-,27+,28+/m0/s1. The molecule has 4 aliphatic carbocycles. The zero-order valence-corrected chi connectivity index (χ0v) is 21.6. The van der Waals surface area contributed by atoms with Crippen molar-refractivity contribution in [1.29, 1.82) is 0 Å². The van der Waals surface area contributed by atoms with Crippen molar-refractivity contribution >= 4 is 5.97 Å². The first-order valence-corrected chi connectivity index (χ1v) is 13.6. The first-order chi connectivity index (χ1) is 15.3. The van der Waals surface area contributed by atoms with E-state index in [0.29, 0.717) is 12.8 Å². The van der Waals surface area contributed by atoms with Crippen LogP contribution in [-0.4, -0.2) is 44.2 Å². The monoisotopic (exact) mass is 464 g/mol. The van der Waals surface area contributed by atoms with Gasteiger partial charge in [-0.15, -0.1) is 0 Å². The highest BCUT2D eigenvalue weighted by Gasteiger charge is 2.70. The molecule has 0 aromatic carbocycles. The van der Waals surface area contributed by atoms with E-state index in [9.17, 15) is 25.2 Å². The molecule has 0 aromatic heterocycles. The maximum atomic E-state index is 12.2. The summed E-state index contributed by atoms with van der Waals surface area (Å²) in [4.78, 5) is 11.5. The quantitative estimate of drug-likeness (QED) is 0.472. The van der Waals surface area contributed by atoms with Crippen LogP contribution in [0.1, 0.15) is 92.9 Å². The minimum Gasteiger partial charge on any atom is -0.481 e. The molecule has 0 saturated heterocycles. The van der Waals surface area contributed by atoms with E-state index in [0.717, 1.165) is 38.5 Å². The van der Waals surface area contributed by atoms with Crippen LogP contribution >= 0.6 is 0 Å².